The van der Waals surface area contributed by atoms with E-state index in [0.29, 0.717) is 5.92 Å². The third-order valence-electron chi connectivity index (χ3n) is 4.23. The van der Waals surface area contributed by atoms with Crippen molar-refractivity contribution >= 4 is 11.8 Å². The number of hydrogen-bond donors (Lipinski definition) is 1. The normalized spacial score (nSPS) is 16.7. The molecule has 0 aromatic heterocycles. The van der Waals surface area contributed by atoms with Gasteiger partial charge in [-0.1, -0.05) is 42.8 Å². The Bertz CT molecular complexity index is 572. The Morgan fingerprint density at radius 2 is 1.80 bits per heavy atom. The molecule has 0 aliphatic heterocycles. The monoisotopic (exact) mass is 284 g/mol. The smallest absolute Gasteiger partial charge is 0.104 e. The van der Waals surface area contributed by atoms with Crippen LogP contribution in [0.5, 0.6) is 0 Å². The lowest BCUT2D eigenvalue weighted by molar-refractivity contribution is 0.220. The minimum absolute atomic E-state index is 0.522. The van der Waals surface area contributed by atoms with Gasteiger partial charge in [0, 0.05) is 4.90 Å². The number of aliphatic hydroxyl groups excluding tert-OH is 1. The highest BCUT2D eigenvalue weighted by Crippen LogP contribution is 2.37. The first-order valence-corrected chi connectivity index (χ1v) is 8.42. The number of rotatable bonds is 4. The van der Waals surface area contributed by atoms with Crippen LogP contribution in [0.1, 0.15) is 48.0 Å². The van der Waals surface area contributed by atoms with Crippen molar-refractivity contribution in [1.82, 2.24) is 0 Å². The van der Waals surface area contributed by atoms with E-state index in [1.54, 1.807) is 11.8 Å². The highest BCUT2D eigenvalue weighted by molar-refractivity contribution is 7.98. The second kappa shape index (κ2) is 6.02. The third-order valence-corrected chi connectivity index (χ3v) is 4.98. The predicted octanol–water partition coefficient (Wildman–Crippen LogP) is 4.76. The molecule has 0 spiro atoms. The summed E-state index contributed by atoms with van der Waals surface area (Å²) >= 11 is 1.72. The molecule has 0 heterocycles. The first-order valence-electron chi connectivity index (χ1n) is 7.20. The van der Waals surface area contributed by atoms with Gasteiger partial charge >= 0.3 is 0 Å². The summed E-state index contributed by atoms with van der Waals surface area (Å²) in [5, 5.41) is 10.5. The third kappa shape index (κ3) is 2.77. The van der Waals surface area contributed by atoms with Crippen LogP contribution in [0.25, 0.3) is 0 Å². The van der Waals surface area contributed by atoms with Gasteiger partial charge in [0.25, 0.3) is 0 Å². The highest BCUT2D eigenvalue weighted by atomic mass is 32.2. The number of hydrogen-bond acceptors (Lipinski definition) is 2. The number of aliphatic hydroxyl groups is 1. The van der Waals surface area contributed by atoms with E-state index in [-0.39, 0.29) is 0 Å². The molecule has 1 aliphatic rings. The topological polar surface area (TPSA) is 20.2 Å². The molecule has 0 bridgehead atoms. The van der Waals surface area contributed by atoms with E-state index < -0.39 is 6.10 Å². The average molecular weight is 284 g/mol. The first-order chi connectivity index (χ1) is 9.78. The van der Waals surface area contributed by atoms with Gasteiger partial charge in [-0.3, -0.25) is 0 Å². The van der Waals surface area contributed by atoms with Gasteiger partial charge in [0.05, 0.1) is 0 Å². The van der Waals surface area contributed by atoms with Gasteiger partial charge in [-0.15, -0.1) is 11.8 Å². The van der Waals surface area contributed by atoms with E-state index in [2.05, 4.69) is 36.6 Å². The molecule has 20 heavy (non-hydrogen) atoms. The second-order valence-corrected chi connectivity index (χ2v) is 6.35. The molecule has 2 aromatic carbocycles. The summed E-state index contributed by atoms with van der Waals surface area (Å²) in [6, 6.07) is 16.6. The van der Waals surface area contributed by atoms with E-state index in [1.807, 2.05) is 18.2 Å². The molecular weight excluding hydrogens is 264 g/mol. The minimum Gasteiger partial charge on any atom is -0.384 e. The van der Waals surface area contributed by atoms with Crippen LogP contribution in [0.15, 0.2) is 53.4 Å². The summed E-state index contributed by atoms with van der Waals surface area (Å²) < 4.78 is 0. The van der Waals surface area contributed by atoms with Crippen molar-refractivity contribution < 1.29 is 5.11 Å². The quantitative estimate of drug-likeness (QED) is 0.817. The molecule has 2 aromatic rings. The van der Waals surface area contributed by atoms with Gasteiger partial charge in [-0.2, -0.15) is 0 Å². The number of thioether (sulfide) groups is 1. The van der Waals surface area contributed by atoms with Gasteiger partial charge < -0.3 is 5.11 Å². The van der Waals surface area contributed by atoms with Crippen molar-refractivity contribution in [2.75, 3.05) is 6.26 Å². The van der Waals surface area contributed by atoms with Crippen molar-refractivity contribution in [3.05, 3.63) is 65.2 Å². The van der Waals surface area contributed by atoms with Crippen LogP contribution in [-0.2, 0) is 0 Å². The molecule has 1 nitrogen and oxygen atoms in total. The van der Waals surface area contributed by atoms with Crippen LogP contribution in [0.3, 0.4) is 0 Å². The molecule has 1 atom stereocenters. The van der Waals surface area contributed by atoms with Crippen LogP contribution in [0.2, 0.25) is 0 Å². The summed E-state index contributed by atoms with van der Waals surface area (Å²) in [5.74, 6) is 0.709. The van der Waals surface area contributed by atoms with E-state index in [9.17, 15) is 5.11 Å². The SMILES string of the molecule is CSc1ccc(C(O)c2cccc(C3CCC3)c2)cc1. The molecule has 0 radical (unpaired) electrons. The largest absolute Gasteiger partial charge is 0.384 e. The first kappa shape index (κ1) is 13.7. The summed E-state index contributed by atoms with van der Waals surface area (Å²) in [6.45, 7) is 0. The van der Waals surface area contributed by atoms with Gasteiger partial charge in [0.15, 0.2) is 0 Å². The average Bonchev–Trinajstić information content (AvgIpc) is 2.45. The maximum atomic E-state index is 10.5. The molecule has 1 saturated carbocycles. The highest BCUT2D eigenvalue weighted by Gasteiger charge is 2.20. The maximum Gasteiger partial charge on any atom is 0.104 e. The molecule has 2 heteroatoms. The van der Waals surface area contributed by atoms with Crippen LogP contribution < -0.4 is 0 Å². The molecule has 1 unspecified atom stereocenters. The van der Waals surface area contributed by atoms with Crippen LogP contribution in [0.4, 0.5) is 0 Å². The standard InChI is InChI=1S/C18H20OS/c1-20-17-10-8-14(9-11-17)18(19)16-7-3-6-15(12-16)13-4-2-5-13/h3,6-13,18-19H,2,4-5H2,1H3. The lowest BCUT2D eigenvalue weighted by Crippen LogP contribution is -2.09. The zero-order chi connectivity index (χ0) is 13.9. The zero-order valence-electron chi connectivity index (χ0n) is 11.8. The lowest BCUT2D eigenvalue weighted by Gasteiger charge is -2.26. The summed E-state index contributed by atoms with van der Waals surface area (Å²) in [4.78, 5) is 1.23. The second-order valence-electron chi connectivity index (χ2n) is 5.47. The fourth-order valence-corrected chi connectivity index (χ4v) is 3.11. The van der Waals surface area contributed by atoms with Crippen LogP contribution >= 0.6 is 11.8 Å². The fraction of sp³-hybridized carbons (Fsp3) is 0.333. The Balaban J connectivity index is 1.83. The van der Waals surface area contributed by atoms with Gasteiger partial charge in [-0.05, 0) is 53.8 Å². The van der Waals surface area contributed by atoms with E-state index in [4.69, 9.17) is 0 Å². The van der Waals surface area contributed by atoms with Gasteiger partial charge in [0.2, 0.25) is 0 Å². The molecule has 104 valence electrons. The van der Waals surface area contributed by atoms with Gasteiger partial charge in [0.1, 0.15) is 6.10 Å². The van der Waals surface area contributed by atoms with Crippen LogP contribution in [0, 0.1) is 0 Å². The van der Waals surface area contributed by atoms with Crippen molar-refractivity contribution in [2.45, 2.75) is 36.2 Å². The Morgan fingerprint density at radius 1 is 1.05 bits per heavy atom. The molecule has 1 fully saturated rings. The van der Waals surface area contributed by atoms with E-state index >= 15 is 0 Å². The van der Waals surface area contributed by atoms with Crippen molar-refractivity contribution in [3.63, 3.8) is 0 Å². The van der Waals surface area contributed by atoms with Crippen molar-refractivity contribution in [1.29, 1.82) is 0 Å². The summed E-state index contributed by atoms with van der Waals surface area (Å²) in [6.07, 6.45) is 5.47. The molecule has 3 rings (SSSR count). The zero-order valence-corrected chi connectivity index (χ0v) is 12.6. The molecule has 1 N–H and O–H groups in total. The minimum atomic E-state index is -0.522. The maximum absolute atomic E-state index is 10.5. The fourth-order valence-electron chi connectivity index (χ4n) is 2.70. The predicted molar refractivity (Wildman–Crippen MR) is 85.3 cm³/mol. The molecule has 0 saturated heterocycles. The summed E-state index contributed by atoms with van der Waals surface area (Å²) in [5.41, 5.74) is 3.35. The molecule has 0 amide bonds. The van der Waals surface area contributed by atoms with Crippen molar-refractivity contribution in [3.8, 4) is 0 Å². The van der Waals surface area contributed by atoms with Gasteiger partial charge in [-0.25, -0.2) is 0 Å². The number of benzene rings is 2. The Labute approximate surface area is 125 Å². The molecular formula is C18H20OS. The molecule has 1 aliphatic carbocycles. The van der Waals surface area contributed by atoms with Crippen LogP contribution in [-0.4, -0.2) is 11.4 Å². The van der Waals surface area contributed by atoms with E-state index in [0.717, 1.165) is 11.1 Å². The Kier molecular flexibility index (Phi) is 4.13. The van der Waals surface area contributed by atoms with Crippen molar-refractivity contribution in [2.24, 2.45) is 0 Å². The Hall–Kier alpha value is -1.25. The van der Waals surface area contributed by atoms with E-state index in [1.165, 1.54) is 29.7 Å². The Morgan fingerprint density at radius 3 is 2.40 bits per heavy atom. The summed E-state index contributed by atoms with van der Waals surface area (Å²) in [7, 11) is 0. The lowest BCUT2D eigenvalue weighted by atomic mass is 9.79.